The van der Waals surface area contributed by atoms with Gasteiger partial charge >= 0.3 is 0 Å². The summed E-state index contributed by atoms with van der Waals surface area (Å²) >= 11 is 0. The summed E-state index contributed by atoms with van der Waals surface area (Å²) in [4.78, 5) is 27.4. The van der Waals surface area contributed by atoms with Crippen molar-refractivity contribution in [1.29, 1.82) is 0 Å². The summed E-state index contributed by atoms with van der Waals surface area (Å²) in [5, 5.41) is 13.9. The van der Waals surface area contributed by atoms with Crippen molar-refractivity contribution in [2.75, 3.05) is 0 Å². The van der Waals surface area contributed by atoms with Crippen LogP contribution in [0.15, 0.2) is 36.5 Å². The Labute approximate surface area is 115 Å². The van der Waals surface area contributed by atoms with Crippen LogP contribution in [0.3, 0.4) is 0 Å². The van der Waals surface area contributed by atoms with Crippen LogP contribution in [0, 0.1) is 11.8 Å². The van der Waals surface area contributed by atoms with Gasteiger partial charge in [0.1, 0.15) is 0 Å². The third-order valence-electron chi connectivity index (χ3n) is 3.64. The minimum absolute atomic E-state index is 0.261. The second-order valence-electron chi connectivity index (χ2n) is 4.86. The zero-order valence-electron chi connectivity index (χ0n) is 10.6. The van der Waals surface area contributed by atoms with Crippen molar-refractivity contribution in [3.63, 3.8) is 0 Å². The maximum absolute atomic E-state index is 12.2. The fourth-order valence-corrected chi connectivity index (χ4v) is 2.70. The summed E-state index contributed by atoms with van der Waals surface area (Å²) < 4.78 is 5.42. The molecule has 6 heteroatoms. The van der Waals surface area contributed by atoms with Crippen LogP contribution in [0.2, 0.25) is 0 Å². The van der Waals surface area contributed by atoms with Crippen LogP contribution in [-0.4, -0.2) is 29.1 Å². The van der Waals surface area contributed by atoms with Gasteiger partial charge in [-0.2, -0.15) is 0 Å². The first-order valence-electron chi connectivity index (χ1n) is 6.39. The highest BCUT2D eigenvalue weighted by Crippen LogP contribution is 2.38. The number of aromatic nitrogens is 1. The van der Waals surface area contributed by atoms with Gasteiger partial charge < -0.3 is 20.0 Å². The third kappa shape index (κ3) is 2.18. The molecule has 104 valence electrons. The van der Waals surface area contributed by atoms with Crippen LogP contribution < -0.4 is 10.4 Å². The average Bonchev–Trinajstić information content (AvgIpc) is 3.06. The number of pyridine rings is 1. The maximum atomic E-state index is 12.2. The number of amides is 1. The van der Waals surface area contributed by atoms with Crippen molar-refractivity contribution in [3.8, 4) is 0 Å². The molecule has 1 aromatic rings. The number of nitrogens with one attached hydrogen (secondary N) is 1. The predicted molar refractivity (Wildman–Crippen MR) is 65.9 cm³/mol. The molecule has 20 heavy (non-hydrogen) atoms. The van der Waals surface area contributed by atoms with Gasteiger partial charge in [-0.25, -0.2) is 0 Å². The van der Waals surface area contributed by atoms with Crippen LogP contribution in [-0.2, 0) is 20.9 Å². The quantitative estimate of drug-likeness (QED) is 0.712. The number of carboxylic acids is 1. The lowest BCUT2D eigenvalue weighted by Gasteiger charge is -2.24. The number of rotatable bonds is 4. The predicted octanol–water partition coefficient (Wildman–Crippen LogP) is -0.983. The van der Waals surface area contributed by atoms with E-state index in [1.54, 1.807) is 30.5 Å². The molecule has 3 rings (SSSR count). The van der Waals surface area contributed by atoms with Crippen LogP contribution in [0.5, 0.6) is 0 Å². The van der Waals surface area contributed by atoms with Crippen LogP contribution in [0.1, 0.15) is 5.69 Å². The van der Waals surface area contributed by atoms with Gasteiger partial charge in [-0.05, 0) is 12.1 Å². The number of hydrogen-bond acceptors (Lipinski definition) is 5. The zero-order valence-corrected chi connectivity index (χ0v) is 10.6. The van der Waals surface area contributed by atoms with Crippen molar-refractivity contribution < 1.29 is 19.4 Å². The van der Waals surface area contributed by atoms with Gasteiger partial charge in [0.25, 0.3) is 0 Å². The third-order valence-corrected chi connectivity index (χ3v) is 3.64. The number of hydrogen-bond donors (Lipinski definition) is 1. The second kappa shape index (κ2) is 5.05. The normalized spacial score (nSPS) is 30.4. The Balaban J connectivity index is 1.68. The molecule has 0 saturated carbocycles. The molecule has 6 nitrogen and oxygen atoms in total. The van der Waals surface area contributed by atoms with E-state index in [4.69, 9.17) is 4.74 Å². The molecule has 1 amide bonds. The van der Waals surface area contributed by atoms with Gasteiger partial charge in [0.2, 0.25) is 5.91 Å². The van der Waals surface area contributed by atoms with E-state index in [0.717, 1.165) is 0 Å². The lowest BCUT2D eigenvalue weighted by molar-refractivity contribution is -0.313. The molecular formula is C14H13N2O4-. The molecule has 0 radical (unpaired) electrons. The van der Waals surface area contributed by atoms with Gasteiger partial charge in [0, 0.05) is 18.1 Å². The molecule has 2 bridgehead atoms. The molecule has 1 aromatic heterocycles. The molecule has 4 atom stereocenters. The number of ether oxygens (including phenoxy) is 1. The highest BCUT2D eigenvalue weighted by atomic mass is 16.5. The standard InChI is InChI=1S/C14H14N2O4/c17-13(16-7-8-3-1-2-6-15-8)11-9-4-5-10(20-9)12(11)14(18)19/h1-6,9-12H,7H2,(H,16,17)(H,18,19)/p-1/t9-,10+,11+,12-/m0/s1. The fraction of sp³-hybridized carbons (Fsp3) is 0.357. The molecular weight excluding hydrogens is 260 g/mol. The summed E-state index contributed by atoms with van der Waals surface area (Å²) in [5.41, 5.74) is 0.713. The molecule has 0 aromatic carbocycles. The lowest BCUT2D eigenvalue weighted by Crippen LogP contribution is -2.46. The Kier molecular flexibility index (Phi) is 3.23. The molecule has 0 unspecified atom stereocenters. The van der Waals surface area contributed by atoms with Crippen LogP contribution in [0.25, 0.3) is 0 Å². The van der Waals surface area contributed by atoms with E-state index in [-0.39, 0.29) is 12.5 Å². The van der Waals surface area contributed by atoms with Crippen molar-refractivity contribution in [2.45, 2.75) is 18.8 Å². The van der Waals surface area contributed by atoms with E-state index in [1.165, 1.54) is 0 Å². The minimum atomic E-state index is -1.25. The minimum Gasteiger partial charge on any atom is -0.550 e. The molecule has 1 N–H and O–H groups in total. The Morgan fingerprint density at radius 3 is 2.65 bits per heavy atom. The number of carbonyl (C=O) groups excluding carboxylic acids is 2. The van der Waals surface area contributed by atoms with Gasteiger partial charge in [-0.3, -0.25) is 9.78 Å². The number of aliphatic carboxylic acids is 1. The molecule has 2 aliphatic heterocycles. The van der Waals surface area contributed by atoms with Gasteiger partial charge in [0.05, 0.1) is 30.4 Å². The Hall–Kier alpha value is -2.21. The number of carbonyl (C=O) groups is 2. The maximum Gasteiger partial charge on any atom is 0.227 e. The molecule has 1 fully saturated rings. The molecule has 2 aliphatic rings. The van der Waals surface area contributed by atoms with E-state index >= 15 is 0 Å². The average molecular weight is 273 g/mol. The first kappa shape index (κ1) is 12.8. The van der Waals surface area contributed by atoms with Crippen molar-refractivity contribution in [3.05, 3.63) is 42.2 Å². The highest BCUT2D eigenvalue weighted by molar-refractivity contribution is 5.86. The molecule has 3 heterocycles. The monoisotopic (exact) mass is 273 g/mol. The van der Waals surface area contributed by atoms with Gasteiger partial charge in [-0.15, -0.1) is 0 Å². The van der Waals surface area contributed by atoms with Crippen LogP contribution in [0.4, 0.5) is 0 Å². The van der Waals surface area contributed by atoms with Crippen LogP contribution >= 0.6 is 0 Å². The highest BCUT2D eigenvalue weighted by Gasteiger charge is 2.50. The van der Waals surface area contributed by atoms with Gasteiger partial charge in [-0.1, -0.05) is 18.2 Å². The summed E-state index contributed by atoms with van der Waals surface area (Å²) in [6.45, 7) is 0.261. The first-order valence-corrected chi connectivity index (χ1v) is 6.39. The van der Waals surface area contributed by atoms with Gasteiger partial charge in [0.15, 0.2) is 0 Å². The topological polar surface area (TPSA) is 91.3 Å². The van der Waals surface area contributed by atoms with E-state index in [2.05, 4.69) is 10.3 Å². The smallest absolute Gasteiger partial charge is 0.227 e. The summed E-state index contributed by atoms with van der Waals surface area (Å²) in [6, 6.07) is 5.39. The Bertz CT molecular complexity index is 558. The van der Waals surface area contributed by atoms with E-state index in [9.17, 15) is 14.7 Å². The SMILES string of the molecule is O=C([O-])[C@@H]1[C@H](C(=O)NCc2ccccn2)[C@@H]2C=C[C@H]1O2. The lowest BCUT2D eigenvalue weighted by atomic mass is 9.82. The summed E-state index contributed by atoms with van der Waals surface area (Å²) in [5.74, 6) is -3.26. The number of carboxylic acid groups (broad SMARTS) is 1. The second-order valence-corrected chi connectivity index (χ2v) is 4.86. The number of nitrogens with zero attached hydrogens (tertiary/aromatic N) is 1. The molecule has 0 aliphatic carbocycles. The van der Waals surface area contributed by atoms with Crippen molar-refractivity contribution in [1.82, 2.24) is 10.3 Å². The van der Waals surface area contributed by atoms with E-state index in [0.29, 0.717) is 5.69 Å². The Morgan fingerprint density at radius 1 is 1.25 bits per heavy atom. The fourth-order valence-electron chi connectivity index (χ4n) is 2.70. The summed E-state index contributed by atoms with van der Waals surface area (Å²) in [6.07, 6.45) is 4.00. The van der Waals surface area contributed by atoms with E-state index in [1.807, 2.05) is 6.07 Å². The largest absolute Gasteiger partial charge is 0.550 e. The van der Waals surface area contributed by atoms with Crippen molar-refractivity contribution in [2.24, 2.45) is 11.8 Å². The number of fused-ring (bicyclic) bond motifs is 2. The van der Waals surface area contributed by atoms with E-state index < -0.39 is 30.0 Å². The zero-order chi connectivity index (χ0) is 14.1. The first-order chi connectivity index (χ1) is 9.66. The van der Waals surface area contributed by atoms with Crippen molar-refractivity contribution >= 4 is 11.9 Å². The molecule has 1 saturated heterocycles. The summed E-state index contributed by atoms with van der Waals surface area (Å²) in [7, 11) is 0. The molecule has 0 spiro atoms. The Morgan fingerprint density at radius 2 is 2.00 bits per heavy atom.